The number of nitrogens with two attached hydrogens (primary N) is 2. The van der Waals surface area contributed by atoms with Gasteiger partial charge in [0.15, 0.2) is 0 Å². The molecule has 0 spiro atoms. The summed E-state index contributed by atoms with van der Waals surface area (Å²) in [4.78, 5) is 12.2. The summed E-state index contributed by atoms with van der Waals surface area (Å²) in [6, 6.07) is 14.0. The summed E-state index contributed by atoms with van der Waals surface area (Å²) < 4.78 is 5.22. The highest BCUT2D eigenvalue weighted by Crippen LogP contribution is 2.22. The minimum atomic E-state index is -0.621. The van der Waals surface area contributed by atoms with Crippen LogP contribution in [-0.4, -0.2) is 5.11 Å². The number of fused-ring (bicyclic) bond motifs is 1. The number of hydrogen-bond acceptors (Lipinski definition) is 6. The topological polar surface area (TPSA) is 106 Å². The summed E-state index contributed by atoms with van der Waals surface area (Å²) in [5.41, 5.74) is 8.37. The van der Waals surface area contributed by atoms with Gasteiger partial charge in [0.1, 0.15) is 17.0 Å². The van der Waals surface area contributed by atoms with E-state index in [4.69, 9.17) is 16.0 Å². The van der Waals surface area contributed by atoms with Crippen LogP contribution in [0.15, 0.2) is 63.9 Å². The predicted octanol–water partition coefficient (Wildman–Crippen LogP) is 3.26. The van der Waals surface area contributed by atoms with E-state index in [1.807, 2.05) is 24.3 Å². The van der Waals surface area contributed by atoms with Crippen LogP contribution in [0, 0.1) is 0 Å². The lowest BCUT2D eigenvalue weighted by molar-refractivity contribution is 0.473. The molecule has 0 aliphatic rings. The molecule has 0 saturated carbocycles. The maximum absolute atomic E-state index is 12.2. The SMILES string of the molecule is CC(C)c1ccc(/C(N)=C/N(N)c2cc3ccc(O)cc3oc2=O)cc1. The van der Waals surface area contributed by atoms with Gasteiger partial charge in [-0.1, -0.05) is 38.1 Å². The third-order valence-electron chi connectivity index (χ3n) is 4.17. The molecule has 1 heterocycles. The quantitative estimate of drug-likeness (QED) is 0.378. The molecule has 0 aliphatic heterocycles. The summed E-state index contributed by atoms with van der Waals surface area (Å²) in [6.07, 6.45) is 1.48. The van der Waals surface area contributed by atoms with E-state index in [9.17, 15) is 9.90 Å². The Morgan fingerprint density at radius 2 is 1.85 bits per heavy atom. The number of nitrogens with zero attached hydrogens (tertiary/aromatic N) is 1. The Morgan fingerprint density at radius 1 is 1.15 bits per heavy atom. The monoisotopic (exact) mass is 351 g/mol. The number of hydrogen-bond donors (Lipinski definition) is 3. The average Bonchev–Trinajstić information content (AvgIpc) is 2.60. The molecular formula is C20H21N3O3. The van der Waals surface area contributed by atoms with Gasteiger partial charge in [-0.05, 0) is 35.2 Å². The van der Waals surface area contributed by atoms with E-state index in [1.54, 1.807) is 12.1 Å². The largest absolute Gasteiger partial charge is 0.508 e. The van der Waals surface area contributed by atoms with Gasteiger partial charge in [-0.2, -0.15) is 0 Å². The maximum Gasteiger partial charge on any atom is 0.361 e. The second-order valence-corrected chi connectivity index (χ2v) is 6.41. The van der Waals surface area contributed by atoms with Crippen molar-refractivity contribution in [3.8, 4) is 5.75 Å². The van der Waals surface area contributed by atoms with Crippen LogP contribution in [0.4, 0.5) is 5.69 Å². The molecule has 1 aromatic heterocycles. The minimum absolute atomic E-state index is 0.0204. The van der Waals surface area contributed by atoms with Crippen molar-refractivity contribution in [1.82, 2.24) is 0 Å². The average molecular weight is 351 g/mol. The Hall–Kier alpha value is -3.25. The van der Waals surface area contributed by atoms with Crippen molar-refractivity contribution in [2.45, 2.75) is 19.8 Å². The molecule has 0 atom stereocenters. The molecule has 0 saturated heterocycles. The first-order valence-corrected chi connectivity index (χ1v) is 8.23. The highest BCUT2D eigenvalue weighted by Gasteiger charge is 2.11. The number of benzene rings is 2. The first-order valence-electron chi connectivity index (χ1n) is 8.23. The molecule has 0 amide bonds. The zero-order valence-corrected chi connectivity index (χ0v) is 14.6. The fourth-order valence-corrected chi connectivity index (χ4v) is 2.62. The number of rotatable bonds is 4. The maximum atomic E-state index is 12.2. The van der Waals surface area contributed by atoms with Gasteiger partial charge in [-0.25, -0.2) is 10.6 Å². The standard InChI is InChI=1S/C20H21N3O3/c1-12(2)13-3-5-14(6-4-13)17(21)11-23(22)18-9-15-7-8-16(24)10-19(15)26-20(18)25/h3-12,24H,21-22H2,1-2H3/b17-11-. The minimum Gasteiger partial charge on any atom is -0.508 e. The number of aromatic hydroxyl groups is 1. The van der Waals surface area contributed by atoms with E-state index in [2.05, 4.69) is 13.8 Å². The van der Waals surface area contributed by atoms with Gasteiger partial charge in [-0.15, -0.1) is 0 Å². The van der Waals surface area contributed by atoms with Gasteiger partial charge in [-0.3, -0.25) is 5.01 Å². The van der Waals surface area contributed by atoms with Crippen LogP contribution in [-0.2, 0) is 0 Å². The normalized spacial score (nSPS) is 11.9. The third kappa shape index (κ3) is 3.55. The fraction of sp³-hybridized carbons (Fsp3) is 0.150. The molecule has 0 unspecified atom stereocenters. The lowest BCUT2D eigenvalue weighted by Crippen LogP contribution is -2.30. The molecule has 6 nitrogen and oxygen atoms in total. The molecule has 3 rings (SSSR count). The Morgan fingerprint density at radius 3 is 2.50 bits per heavy atom. The van der Waals surface area contributed by atoms with E-state index in [-0.39, 0.29) is 17.0 Å². The van der Waals surface area contributed by atoms with Crippen LogP contribution < -0.4 is 22.2 Å². The summed E-state index contributed by atoms with van der Waals surface area (Å²) in [5.74, 6) is 6.45. The second-order valence-electron chi connectivity index (χ2n) is 6.41. The van der Waals surface area contributed by atoms with Crippen molar-refractivity contribution >= 4 is 22.4 Å². The molecule has 134 valence electrons. The van der Waals surface area contributed by atoms with E-state index < -0.39 is 5.63 Å². The molecule has 2 aromatic carbocycles. The van der Waals surface area contributed by atoms with E-state index >= 15 is 0 Å². The van der Waals surface area contributed by atoms with Crippen molar-refractivity contribution in [1.29, 1.82) is 0 Å². The summed E-state index contributed by atoms with van der Waals surface area (Å²) in [5, 5.41) is 11.3. The Labute approximate surface area is 150 Å². The Balaban J connectivity index is 1.93. The van der Waals surface area contributed by atoms with Crippen LogP contribution in [0.1, 0.15) is 30.9 Å². The molecule has 0 fully saturated rings. The van der Waals surface area contributed by atoms with E-state index in [1.165, 1.54) is 23.9 Å². The van der Waals surface area contributed by atoms with Crippen LogP contribution in [0.2, 0.25) is 0 Å². The third-order valence-corrected chi connectivity index (χ3v) is 4.17. The van der Waals surface area contributed by atoms with Crippen molar-refractivity contribution in [2.75, 3.05) is 5.01 Å². The molecule has 0 bridgehead atoms. The predicted molar refractivity (Wildman–Crippen MR) is 104 cm³/mol. The van der Waals surface area contributed by atoms with Gasteiger partial charge in [0.25, 0.3) is 0 Å². The Kier molecular flexibility index (Phi) is 4.69. The lowest BCUT2D eigenvalue weighted by atomic mass is 10.0. The highest BCUT2D eigenvalue weighted by molar-refractivity contribution is 5.81. The zero-order valence-electron chi connectivity index (χ0n) is 14.6. The molecular weight excluding hydrogens is 330 g/mol. The van der Waals surface area contributed by atoms with Crippen molar-refractivity contribution in [3.63, 3.8) is 0 Å². The van der Waals surface area contributed by atoms with E-state index in [0.29, 0.717) is 17.0 Å². The molecule has 5 N–H and O–H groups in total. The molecule has 26 heavy (non-hydrogen) atoms. The van der Waals surface area contributed by atoms with Crippen molar-refractivity contribution in [2.24, 2.45) is 11.6 Å². The van der Waals surface area contributed by atoms with Crippen LogP contribution >= 0.6 is 0 Å². The zero-order chi connectivity index (χ0) is 18.8. The van der Waals surface area contributed by atoms with Crippen LogP contribution in [0.3, 0.4) is 0 Å². The smallest absolute Gasteiger partial charge is 0.361 e. The first kappa shape index (κ1) is 17.6. The summed E-state index contributed by atoms with van der Waals surface area (Å²) >= 11 is 0. The fourth-order valence-electron chi connectivity index (χ4n) is 2.62. The number of phenolic OH excluding ortho intramolecular Hbond substituents is 1. The highest BCUT2D eigenvalue weighted by atomic mass is 16.4. The number of phenols is 1. The van der Waals surface area contributed by atoms with E-state index in [0.717, 1.165) is 10.6 Å². The molecule has 6 heteroatoms. The number of hydrazine groups is 1. The van der Waals surface area contributed by atoms with Gasteiger partial charge in [0, 0.05) is 17.7 Å². The second kappa shape index (κ2) is 6.93. The van der Waals surface area contributed by atoms with Crippen molar-refractivity contribution in [3.05, 3.63) is 76.3 Å². The molecule has 0 aliphatic carbocycles. The Bertz CT molecular complexity index is 1020. The number of anilines is 1. The summed E-state index contributed by atoms with van der Waals surface area (Å²) in [7, 11) is 0. The van der Waals surface area contributed by atoms with Crippen molar-refractivity contribution < 1.29 is 9.52 Å². The molecule has 3 aromatic rings. The van der Waals surface area contributed by atoms with Gasteiger partial charge < -0.3 is 15.3 Å². The summed E-state index contributed by atoms with van der Waals surface area (Å²) in [6.45, 7) is 4.24. The van der Waals surface area contributed by atoms with Gasteiger partial charge >= 0.3 is 5.63 Å². The van der Waals surface area contributed by atoms with Gasteiger partial charge in [0.2, 0.25) is 0 Å². The lowest BCUT2D eigenvalue weighted by Gasteiger charge is -2.15. The molecule has 0 radical (unpaired) electrons. The van der Waals surface area contributed by atoms with Crippen LogP contribution in [0.5, 0.6) is 5.75 Å². The first-order chi connectivity index (χ1) is 12.3. The van der Waals surface area contributed by atoms with Gasteiger partial charge in [0.05, 0.1) is 5.70 Å². The van der Waals surface area contributed by atoms with Crippen LogP contribution in [0.25, 0.3) is 16.7 Å².